The first kappa shape index (κ1) is 7.79. The van der Waals surface area contributed by atoms with Gasteiger partial charge in [0, 0.05) is 12.7 Å². The number of rotatable bonds is 2. The van der Waals surface area contributed by atoms with E-state index in [-0.39, 0.29) is 5.91 Å². The fourth-order valence-electron chi connectivity index (χ4n) is 1.17. The highest BCUT2D eigenvalue weighted by Crippen LogP contribution is 2.23. The summed E-state index contributed by atoms with van der Waals surface area (Å²) in [4.78, 5) is 12.7. The lowest BCUT2D eigenvalue weighted by Crippen LogP contribution is -2.18. The summed E-state index contributed by atoms with van der Waals surface area (Å²) in [6.07, 6.45) is 3.85. The van der Waals surface area contributed by atoms with Gasteiger partial charge in [-0.25, -0.2) is 0 Å². The number of amides is 1. The summed E-state index contributed by atoms with van der Waals surface area (Å²) in [5.74, 6) is 0.106. The van der Waals surface area contributed by atoms with Crippen molar-refractivity contribution in [3.05, 3.63) is 36.6 Å². The molecule has 58 valence electrons. The molecule has 11 heavy (non-hydrogen) atoms. The Hall–Kier alpha value is -1.31. The highest BCUT2D eigenvalue weighted by Gasteiger charge is 2.22. The monoisotopic (exact) mass is 149 g/mol. The largest absolute Gasteiger partial charge is 0.315 e. The Labute approximate surface area is 66.5 Å². The van der Waals surface area contributed by atoms with Crippen molar-refractivity contribution < 1.29 is 4.79 Å². The normalized spacial score (nSPS) is 17.5. The Morgan fingerprint density at radius 3 is 2.45 bits per heavy atom. The van der Waals surface area contributed by atoms with Gasteiger partial charge in [0.25, 0.3) is 0 Å². The molecular formula is C9H11NO. The SMILES string of the molecule is C=CC1=C(C=C)N(C)C(=O)C1. The lowest BCUT2D eigenvalue weighted by atomic mass is 10.2. The van der Waals surface area contributed by atoms with Gasteiger partial charge in [0.05, 0.1) is 6.42 Å². The Morgan fingerprint density at radius 2 is 2.09 bits per heavy atom. The van der Waals surface area contributed by atoms with Gasteiger partial charge in [0.2, 0.25) is 5.91 Å². The molecule has 0 fully saturated rings. The van der Waals surface area contributed by atoms with Crippen molar-refractivity contribution in [1.29, 1.82) is 0 Å². The number of likely N-dealkylation sites (N-methyl/N-ethyl adjacent to an activating group) is 1. The molecular weight excluding hydrogens is 138 g/mol. The molecule has 0 spiro atoms. The van der Waals surface area contributed by atoms with E-state index in [0.717, 1.165) is 11.3 Å². The lowest BCUT2D eigenvalue weighted by molar-refractivity contribution is -0.125. The van der Waals surface area contributed by atoms with Gasteiger partial charge in [-0.15, -0.1) is 0 Å². The summed E-state index contributed by atoms with van der Waals surface area (Å²) in [6, 6.07) is 0. The van der Waals surface area contributed by atoms with E-state index in [9.17, 15) is 4.79 Å². The second-order valence-electron chi connectivity index (χ2n) is 2.45. The van der Waals surface area contributed by atoms with Crippen molar-refractivity contribution in [3.8, 4) is 0 Å². The number of hydrogen-bond donors (Lipinski definition) is 0. The summed E-state index contributed by atoms with van der Waals surface area (Å²) >= 11 is 0. The van der Waals surface area contributed by atoms with E-state index in [1.807, 2.05) is 0 Å². The van der Waals surface area contributed by atoms with Crippen LogP contribution in [0.5, 0.6) is 0 Å². The molecule has 0 saturated heterocycles. The van der Waals surface area contributed by atoms with Crippen molar-refractivity contribution >= 4 is 5.91 Å². The minimum atomic E-state index is 0.106. The van der Waals surface area contributed by atoms with E-state index in [0.29, 0.717) is 6.42 Å². The maximum atomic E-state index is 11.1. The van der Waals surface area contributed by atoms with E-state index in [2.05, 4.69) is 13.2 Å². The second-order valence-corrected chi connectivity index (χ2v) is 2.45. The fraction of sp³-hybridized carbons (Fsp3) is 0.222. The van der Waals surface area contributed by atoms with Gasteiger partial charge in [-0.2, -0.15) is 0 Å². The Morgan fingerprint density at radius 1 is 1.45 bits per heavy atom. The third-order valence-electron chi connectivity index (χ3n) is 1.85. The van der Waals surface area contributed by atoms with Gasteiger partial charge in [-0.05, 0) is 11.6 Å². The fourth-order valence-corrected chi connectivity index (χ4v) is 1.17. The highest BCUT2D eigenvalue weighted by molar-refractivity contribution is 5.85. The molecule has 2 nitrogen and oxygen atoms in total. The molecule has 0 bridgehead atoms. The first-order valence-corrected chi connectivity index (χ1v) is 3.45. The quantitative estimate of drug-likeness (QED) is 0.582. The van der Waals surface area contributed by atoms with Crippen LogP contribution in [0.1, 0.15) is 6.42 Å². The molecule has 1 aliphatic heterocycles. The van der Waals surface area contributed by atoms with Crippen LogP contribution in [0.3, 0.4) is 0 Å². The molecule has 0 aromatic rings. The van der Waals surface area contributed by atoms with E-state index in [1.54, 1.807) is 24.1 Å². The number of carbonyl (C=O) groups is 1. The molecule has 0 N–H and O–H groups in total. The lowest BCUT2D eigenvalue weighted by Gasteiger charge is -2.09. The molecule has 0 aromatic heterocycles. The first-order valence-electron chi connectivity index (χ1n) is 3.45. The van der Waals surface area contributed by atoms with Crippen LogP contribution in [0.25, 0.3) is 0 Å². The topological polar surface area (TPSA) is 20.3 Å². The first-order chi connectivity index (χ1) is 5.20. The van der Waals surface area contributed by atoms with Crippen molar-refractivity contribution in [2.75, 3.05) is 7.05 Å². The Balaban J connectivity index is 3.04. The van der Waals surface area contributed by atoms with Crippen molar-refractivity contribution in [3.63, 3.8) is 0 Å². The summed E-state index contributed by atoms with van der Waals surface area (Å²) in [5.41, 5.74) is 1.84. The predicted octanol–water partition coefficient (Wildman–Crippen LogP) is 1.47. The second kappa shape index (κ2) is 2.74. The highest BCUT2D eigenvalue weighted by atomic mass is 16.2. The average Bonchev–Trinajstić information content (AvgIpc) is 2.28. The van der Waals surface area contributed by atoms with Crippen LogP contribution in [0.4, 0.5) is 0 Å². The number of carbonyl (C=O) groups excluding carboxylic acids is 1. The molecule has 0 atom stereocenters. The van der Waals surface area contributed by atoms with Gasteiger partial charge >= 0.3 is 0 Å². The zero-order valence-corrected chi connectivity index (χ0v) is 6.63. The van der Waals surface area contributed by atoms with Gasteiger partial charge in [0.15, 0.2) is 0 Å². The predicted molar refractivity (Wildman–Crippen MR) is 44.8 cm³/mol. The third kappa shape index (κ3) is 1.11. The van der Waals surface area contributed by atoms with Crippen LogP contribution in [0, 0.1) is 0 Å². The van der Waals surface area contributed by atoms with Crippen LogP contribution in [-0.4, -0.2) is 17.9 Å². The van der Waals surface area contributed by atoms with Crippen LogP contribution in [0.2, 0.25) is 0 Å². The van der Waals surface area contributed by atoms with Crippen molar-refractivity contribution in [2.45, 2.75) is 6.42 Å². The van der Waals surface area contributed by atoms with E-state index in [4.69, 9.17) is 0 Å². The van der Waals surface area contributed by atoms with Crippen LogP contribution < -0.4 is 0 Å². The molecule has 0 radical (unpaired) electrons. The molecule has 1 aliphatic rings. The summed E-state index contributed by atoms with van der Waals surface area (Å²) in [6.45, 7) is 7.25. The minimum Gasteiger partial charge on any atom is -0.315 e. The van der Waals surface area contributed by atoms with Crippen LogP contribution >= 0.6 is 0 Å². The summed E-state index contributed by atoms with van der Waals surface area (Å²) < 4.78 is 0. The summed E-state index contributed by atoms with van der Waals surface area (Å²) in [7, 11) is 1.75. The molecule has 0 unspecified atom stereocenters. The maximum absolute atomic E-state index is 11.1. The maximum Gasteiger partial charge on any atom is 0.231 e. The number of allylic oxidation sites excluding steroid dienone is 2. The van der Waals surface area contributed by atoms with Gasteiger partial charge in [0.1, 0.15) is 0 Å². The van der Waals surface area contributed by atoms with Crippen LogP contribution in [0.15, 0.2) is 36.6 Å². The molecule has 0 aromatic carbocycles. The molecule has 1 rings (SSSR count). The zero-order valence-electron chi connectivity index (χ0n) is 6.63. The molecule has 1 amide bonds. The van der Waals surface area contributed by atoms with E-state index < -0.39 is 0 Å². The van der Waals surface area contributed by atoms with Gasteiger partial charge in [-0.1, -0.05) is 19.2 Å². The molecule has 1 heterocycles. The summed E-state index contributed by atoms with van der Waals surface area (Å²) in [5, 5.41) is 0. The van der Waals surface area contributed by atoms with Crippen molar-refractivity contribution in [2.24, 2.45) is 0 Å². The number of hydrogen-bond acceptors (Lipinski definition) is 1. The number of nitrogens with zero attached hydrogens (tertiary/aromatic N) is 1. The Bertz CT molecular complexity index is 250. The van der Waals surface area contributed by atoms with Gasteiger partial charge in [-0.3, -0.25) is 4.79 Å². The average molecular weight is 149 g/mol. The third-order valence-corrected chi connectivity index (χ3v) is 1.85. The van der Waals surface area contributed by atoms with Crippen molar-refractivity contribution in [1.82, 2.24) is 4.90 Å². The molecule has 2 heteroatoms. The smallest absolute Gasteiger partial charge is 0.231 e. The molecule has 0 aliphatic carbocycles. The minimum absolute atomic E-state index is 0.106. The standard InChI is InChI=1S/C9H11NO/c1-4-7-6-9(11)10(3)8(7)5-2/h4-5H,1-2,6H2,3H3. The van der Waals surface area contributed by atoms with Crippen LogP contribution in [-0.2, 0) is 4.79 Å². The van der Waals surface area contributed by atoms with E-state index in [1.165, 1.54) is 0 Å². The zero-order chi connectivity index (χ0) is 8.43. The van der Waals surface area contributed by atoms with E-state index >= 15 is 0 Å². The van der Waals surface area contributed by atoms with Gasteiger partial charge < -0.3 is 4.90 Å². The Kier molecular flexibility index (Phi) is 1.94. The molecule has 0 saturated carbocycles.